The van der Waals surface area contributed by atoms with Crippen LogP contribution < -0.4 is 0 Å². The molecule has 4 nitrogen and oxygen atoms in total. The van der Waals surface area contributed by atoms with Crippen molar-refractivity contribution in [3.05, 3.63) is 11.6 Å². The second-order valence-corrected chi connectivity index (χ2v) is 4.05. The third-order valence-electron chi connectivity index (χ3n) is 1.29. The molecule has 0 aromatic carbocycles. The van der Waals surface area contributed by atoms with Crippen molar-refractivity contribution in [2.75, 3.05) is 0 Å². The predicted octanol–water partition coefficient (Wildman–Crippen LogP) is 1.52. The molecule has 4 heteroatoms. The lowest BCUT2D eigenvalue weighted by Gasteiger charge is -2.17. The maximum Gasteiger partial charge on any atom is 0.331 e. The van der Waals surface area contributed by atoms with Crippen LogP contribution in [-0.4, -0.2) is 22.2 Å². The van der Waals surface area contributed by atoms with Crippen molar-refractivity contribution in [1.82, 2.24) is 0 Å². The molecule has 0 saturated heterocycles. The Morgan fingerprint density at radius 2 is 1.69 bits per heavy atom. The average Bonchev–Trinajstić information content (AvgIpc) is 1.81. The summed E-state index contributed by atoms with van der Waals surface area (Å²) in [6, 6.07) is 0. The quantitative estimate of drug-likeness (QED) is 0.655. The van der Waals surface area contributed by atoms with E-state index in [0.717, 1.165) is 6.08 Å². The van der Waals surface area contributed by atoms with Gasteiger partial charge in [-0.2, -0.15) is 0 Å². The zero-order chi connectivity index (χ0) is 10.6. The Kier molecular flexibility index (Phi) is 3.66. The number of carboxylic acid groups (broad SMARTS) is 2. The Hall–Kier alpha value is -1.32. The molecule has 0 unspecified atom stereocenters. The fourth-order valence-electron chi connectivity index (χ4n) is 0.909. The lowest BCUT2D eigenvalue weighted by Crippen LogP contribution is -2.13. The molecule has 74 valence electrons. The second kappa shape index (κ2) is 4.07. The summed E-state index contributed by atoms with van der Waals surface area (Å²) in [6.07, 6.45) is 0.988. The molecule has 2 N–H and O–H groups in total. The molecular formula is C9H14O4. The molecule has 0 aromatic heterocycles. The zero-order valence-corrected chi connectivity index (χ0v) is 8.00. The number of hydrogen-bond acceptors (Lipinski definition) is 2. The van der Waals surface area contributed by atoms with Gasteiger partial charge in [0, 0.05) is 11.6 Å². The van der Waals surface area contributed by atoms with Crippen LogP contribution in [0.2, 0.25) is 0 Å². The lowest BCUT2D eigenvalue weighted by atomic mass is 9.88. The molecule has 0 amide bonds. The van der Waals surface area contributed by atoms with Gasteiger partial charge in [-0.25, -0.2) is 9.59 Å². The average molecular weight is 186 g/mol. The van der Waals surface area contributed by atoms with Crippen molar-refractivity contribution in [3.63, 3.8) is 0 Å². The summed E-state index contributed by atoms with van der Waals surface area (Å²) in [5.41, 5.74) is -0.292. The summed E-state index contributed by atoms with van der Waals surface area (Å²) in [5.74, 6) is -2.39. The molecule has 0 aliphatic rings. The Balaban J connectivity index is 4.65. The van der Waals surface area contributed by atoms with Crippen LogP contribution in [0.4, 0.5) is 0 Å². The molecule has 0 rings (SSSR count). The first kappa shape index (κ1) is 11.7. The van der Waals surface area contributed by atoms with Crippen LogP contribution in [0.15, 0.2) is 11.6 Å². The van der Waals surface area contributed by atoms with Gasteiger partial charge in [-0.1, -0.05) is 20.8 Å². The fraction of sp³-hybridized carbons (Fsp3) is 0.556. The first-order valence-electron chi connectivity index (χ1n) is 3.89. The normalized spacial score (nSPS) is 12.7. The van der Waals surface area contributed by atoms with Gasteiger partial charge in [0.25, 0.3) is 0 Å². The van der Waals surface area contributed by atoms with Crippen LogP contribution in [0.1, 0.15) is 27.2 Å². The van der Waals surface area contributed by atoms with E-state index in [9.17, 15) is 9.59 Å². The van der Waals surface area contributed by atoms with Crippen LogP contribution >= 0.6 is 0 Å². The summed E-state index contributed by atoms with van der Waals surface area (Å²) in [4.78, 5) is 20.8. The highest BCUT2D eigenvalue weighted by atomic mass is 16.4. The molecule has 0 atom stereocenters. The molecular weight excluding hydrogens is 172 g/mol. The van der Waals surface area contributed by atoms with Crippen LogP contribution in [-0.2, 0) is 9.59 Å². The van der Waals surface area contributed by atoms with Gasteiger partial charge >= 0.3 is 11.9 Å². The number of rotatable bonds is 3. The van der Waals surface area contributed by atoms with Crippen LogP contribution in [0.5, 0.6) is 0 Å². The fourth-order valence-corrected chi connectivity index (χ4v) is 0.909. The molecule has 0 radical (unpaired) electrons. The highest BCUT2D eigenvalue weighted by Crippen LogP contribution is 2.23. The van der Waals surface area contributed by atoms with Crippen LogP contribution in [0, 0.1) is 5.41 Å². The maximum atomic E-state index is 10.6. The van der Waals surface area contributed by atoms with E-state index in [1.165, 1.54) is 0 Å². The van der Waals surface area contributed by atoms with Crippen molar-refractivity contribution in [2.45, 2.75) is 27.2 Å². The van der Waals surface area contributed by atoms with E-state index in [0.29, 0.717) is 0 Å². The number of carboxylic acids is 2. The Labute approximate surface area is 76.9 Å². The number of carbonyl (C=O) groups is 2. The van der Waals surface area contributed by atoms with E-state index in [4.69, 9.17) is 10.2 Å². The van der Waals surface area contributed by atoms with Crippen molar-refractivity contribution in [3.8, 4) is 0 Å². The lowest BCUT2D eigenvalue weighted by molar-refractivity contribution is -0.135. The van der Waals surface area contributed by atoms with E-state index in [1.54, 1.807) is 0 Å². The van der Waals surface area contributed by atoms with E-state index >= 15 is 0 Å². The number of aliphatic carboxylic acids is 2. The first-order valence-corrected chi connectivity index (χ1v) is 3.89. The molecule has 0 heterocycles. The third kappa shape index (κ3) is 5.90. The van der Waals surface area contributed by atoms with Gasteiger partial charge in [-0.15, -0.1) is 0 Å². The zero-order valence-electron chi connectivity index (χ0n) is 8.00. The molecule has 0 spiro atoms. The van der Waals surface area contributed by atoms with Gasteiger partial charge in [0.2, 0.25) is 0 Å². The van der Waals surface area contributed by atoms with Crippen molar-refractivity contribution < 1.29 is 19.8 Å². The Morgan fingerprint density at radius 1 is 1.23 bits per heavy atom. The minimum atomic E-state index is -1.22. The highest BCUT2D eigenvalue weighted by Gasteiger charge is 2.18. The standard InChI is InChI=1S/C9H14O4/c1-9(2,3)5-6(8(12)13)4-7(10)11/h4H,5H2,1-3H3,(H,10,11)(H,12,13)/b6-4-. The third-order valence-corrected chi connectivity index (χ3v) is 1.29. The molecule has 0 aromatic rings. The summed E-state index contributed by atoms with van der Waals surface area (Å²) < 4.78 is 0. The van der Waals surface area contributed by atoms with E-state index in [1.807, 2.05) is 20.8 Å². The maximum absolute atomic E-state index is 10.6. The molecule has 0 fully saturated rings. The van der Waals surface area contributed by atoms with Crippen LogP contribution in [0.3, 0.4) is 0 Å². The highest BCUT2D eigenvalue weighted by molar-refractivity contribution is 5.94. The summed E-state index contributed by atoms with van der Waals surface area (Å²) in [6.45, 7) is 5.56. The van der Waals surface area contributed by atoms with E-state index < -0.39 is 11.9 Å². The predicted molar refractivity (Wildman–Crippen MR) is 47.4 cm³/mol. The van der Waals surface area contributed by atoms with Crippen LogP contribution in [0.25, 0.3) is 0 Å². The van der Waals surface area contributed by atoms with E-state index in [-0.39, 0.29) is 17.4 Å². The largest absolute Gasteiger partial charge is 0.478 e. The Morgan fingerprint density at radius 3 is 1.92 bits per heavy atom. The molecule has 0 aliphatic heterocycles. The molecule has 0 bridgehead atoms. The minimum Gasteiger partial charge on any atom is -0.478 e. The van der Waals surface area contributed by atoms with Crippen molar-refractivity contribution in [1.29, 1.82) is 0 Å². The van der Waals surface area contributed by atoms with E-state index in [2.05, 4.69) is 0 Å². The van der Waals surface area contributed by atoms with Gasteiger partial charge < -0.3 is 10.2 Å². The first-order chi connectivity index (χ1) is 5.72. The van der Waals surface area contributed by atoms with Gasteiger partial charge in [0.05, 0.1) is 0 Å². The molecule has 0 saturated carbocycles. The topological polar surface area (TPSA) is 74.6 Å². The number of hydrogen-bond donors (Lipinski definition) is 2. The SMILES string of the molecule is CC(C)(C)C/C(=C/C(=O)O)C(=O)O. The smallest absolute Gasteiger partial charge is 0.331 e. The molecule has 0 aliphatic carbocycles. The molecule has 13 heavy (non-hydrogen) atoms. The summed E-state index contributed by atoms with van der Waals surface area (Å²) >= 11 is 0. The van der Waals surface area contributed by atoms with Crippen molar-refractivity contribution in [2.24, 2.45) is 5.41 Å². The minimum absolute atomic E-state index is 0.0694. The second-order valence-electron chi connectivity index (χ2n) is 4.05. The Bertz CT molecular complexity index is 245. The summed E-state index contributed by atoms with van der Waals surface area (Å²) in [5, 5.41) is 17.0. The monoisotopic (exact) mass is 186 g/mol. The van der Waals surface area contributed by atoms with Crippen molar-refractivity contribution >= 4 is 11.9 Å². The summed E-state index contributed by atoms with van der Waals surface area (Å²) in [7, 11) is 0. The van der Waals surface area contributed by atoms with Gasteiger partial charge in [-0.05, 0) is 11.8 Å². The van der Waals surface area contributed by atoms with Gasteiger partial charge in [0.1, 0.15) is 0 Å². The van der Waals surface area contributed by atoms with Gasteiger partial charge in [-0.3, -0.25) is 0 Å². The van der Waals surface area contributed by atoms with Gasteiger partial charge in [0.15, 0.2) is 0 Å².